The largest absolute Gasteiger partial charge is 0.382 e. The van der Waals surface area contributed by atoms with E-state index >= 15 is 0 Å². The molecule has 0 aromatic heterocycles. The first-order valence-electron chi connectivity index (χ1n) is 6.32. The molecule has 1 aromatic carbocycles. The Balaban J connectivity index is 2.17. The van der Waals surface area contributed by atoms with Gasteiger partial charge in [0, 0.05) is 12.8 Å². The van der Waals surface area contributed by atoms with Gasteiger partial charge in [0.25, 0.3) is 0 Å². The van der Waals surface area contributed by atoms with Gasteiger partial charge in [-0.05, 0) is 18.6 Å². The summed E-state index contributed by atoms with van der Waals surface area (Å²) in [5.74, 6) is -0.565. The fraction of sp³-hybridized carbons (Fsp3) is 0.312. The summed E-state index contributed by atoms with van der Waals surface area (Å²) < 4.78 is 0. The van der Waals surface area contributed by atoms with Gasteiger partial charge >= 0.3 is 0 Å². The van der Waals surface area contributed by atoms with Crippen LogP contribution >= 0.6 is 0 Å². The molecule has 0 spiro atoms. The molecule has 0 radical (unpaired) electrons. The standard InChI is InChI=1S/C16H18O3/c1-15(18,12-13-8-4-2-5-9-13)14(17)16(19)10-6-3-7-11-16/h2-10,18-19H,11-12H2,1H3. The van der Waals surface area contributed by atoms with Crippen molar-refractivity contribution in [1.29, 1.82) is 0 Å². The number of hydrogen-bond acceptors (Lipinski definition) is 3. The molecule has 0 bridgehead atoms. The Morgan fingerprint density at radius 1 is 1.32 bits per heavy atom. The molecule has 0 fully saturated rings. The third-order valence-corrected chi connectivity index (χ3v) is 3.32. The van der Waals surface area contributed by atoms with Gasteiger partial charge in [-0.15, -0.1) is 0 Å². The van der Waals surface area contributed by atoms with Crippen molar-refractivity contribution in [3.63, 3.8) is 0 Å². The van der Waals surface area contributed by atoms with Crippen molar-refractivity contribution in [2.75, 3.05) is 0 Å². The summed E-state index contributed by atoms with van der Waals surface area (Å²) in [6.45, 7) is 1.45. The Morgan fingerprint density at radius 2 is 2.00 bits per heavy atom. The first kappa shape index (κ1) is 13.7. The van der Waals surface area contributed by atoms with E-state index in [1.807, 2.05) is 30.3 Å². The van der Waals surface area contributed by atoms with E-state index in [1.165, 1.54) is 13.0 Å². The lowest BCUT2D eigenvalue weighted by atomic mass is 9.79. The van der Waals surface area contributed by atoms with Crippen LogP contribution in [-0.2, 0) is 11.2 Å². The molecule has 0 amide bonds. The van der Waals surface area contributed by atoms with E-state index in [-0.39, 0.29) is 12.8 Å². The number of benzene rings is 1. The molecule has 19 heavy (non-hydrogen) atoms. The molecular weight excluding hydrogens is 240 g/mol. The molecule has 1 aromatic rings. The number of rotatable bonds is 4. The van der Waals surface area contributed by atoms with Crippen LogP contribution in [0.25, 0.3) is 0 Å². The van der Waals surface area contributed by atoms with Crippen LogP contribution in [0.1, 0.15) is 18.9 Å². The Hall–Kier alpha value is -1.71. The molecule has 3 nitrogen and oxygen atoms in total. The van der Waals surface area contributed by atoms with Gasteiger partial charge in [-0.25, -0.2) is 0 Å². The van der Waals surface area contributed by atoms with Gasteiger partial charge in [0.05, 0.1) is 0 Å². The summed E-state index contributed by atoms with van der Waals surface area (Å²) in [6, 6.07) is 9.29. The Morgan fingerprint density at radius 3 is 2.58 bits per heavy atom. The maximum absolute atomic E-state index is 12.4. The Kier molecular flexibility index (Phi) is 3.69. The van der Waals surface area contributed by atoms with Crippen LogP contribution in [0.15, 0.2) is 54.6 Å². The molecule has 0 aliphatic heterocycles. The van der Waals surface area contributed by atoms with Crippen LogP contribution in [0.4, 0.5) is 0 Å². The van der Waals surface area contributed by atoms with Crippen molar-refractivity contribution in [3.8, 4) is 0 Å². The van der Waals surface area contributed by atoms with Gasteiger partial charge in [-0.2, -0.15) is 0 Å². The second-order valence-electron chi connectivity index (χ2n) is 5.18. The normalized spacial score (nSPS) is 25.0. The van der Waals surface area contributed by atoms with Gasteiger partial charge in [0.15, 0.2) is 5.78 Å². The summed E-state index contributed by atoms with van der Waals surface area (Å²) in [5, 5.41) is 20.7. The van der Waals surface area contributed by atoms with Crippen molar-refractivity contribution in [2.24, 2.45) is 0 Å². The molecule has 100 valence electrons. The molecule has 0 heterocycles. The Bertz CT molecular complexity index is 514. The third-order valence-electron chi connectivity index (χ3n) is 3.32. The molecule has 2 N–H and O–H groups in total. The fourth-order valence-corrected chi connectivity index (χ4v) is 2.32. The number of allylic oxidation sites excluding steroid dienone is 2. The van der Waals surface area contributed by atoms with Crippen molar-refractivity contribution in [1.82, 2.24) is 0 Å². The highest BCUT2D eigenvalue weighted by Gasteiger charge is 2.44. The van der Waals surface area contributed by atoms with Gasteiger partial charge in [0.2, 0.25) is 0 Å². The number of carbonyl (C=O) groups is 1. The quantitative estimate of drug-likeness (QED) is 0.865. The topological polar surface area (TPSA) is 57.5 Å². The van der Waals surface area contributed by atoms with Crippen LogP contribution in [0.3, 0.4) is 0 Å². The van der Waals surface area contributed by atoms with Crippen LogP contribution in [0.5, 0.6) is 0 Å². The van der Waals surface area contributed by atoms with Crippen molar-refractivity contribution < 1.29 is 15.0 Å². The Labute approximate surface area is 112 Å². The molecule has 2 unspecified atom stereocenters. The number of hydrogen-bond donors (Lipinski definition) is 2. The third kappa shape index (κ3) is 3.00. The molecular formula is C16H18O3. The summed E-state index contributed by atoms with van der Waals surface area (Å²) in [5.41, 5.74) is -2.33. The van der Waals surface area contributed by atoms with E-state index in [4.69, 9.17) is 0 Å². The van der Waals surface area contributed by atoms with E-state index in [9.17, 15) is 15.0 Å². The zero-order valence-electron chi connectivity index (χ0n) is 10.9. The smallest absolute Gasteiger partial charge is 0.200 e. The van der Waals surface area contributed by atoms with Crippen LogP contribution in [-0.4, -0.2) is 27.2 Å². The van der Waals surface area contributed by atoms with E-state index in [0.717, 1.165) is 5.56 Å². The lowest BCUT2D eigenvalue weighted by Gasteiger charge is -2.32. The molecule has 2 rings (SSSR count). The number of ketones is 1. The van der Waals surface area contributed by atoms with Crippen LogP contribution in [0, 0.1) is 0 Å². The van der Waals surface area contributed by atoms with E-state index in [2.05, 4.69) is 0 Å². The maximum atomic E-state index is 12.4. The molecule has 2 atom stereocenters. The highest BCUT2D eigenvalue weighted by atomic mass is 16.3. The highest BCUT2D eigenvalue weighted by Crippen LogP contribution is 2.26. The molecule has 0 saturated heterocycles. The lowest BCUT2D eigenvalue weighted by molar-refractivity contribution is -0.150. The summed E-state index contributed by atoms with van der Waals surface area (Å²) >= 11 is 0. The highest BCUT2D eigenvalue weighted by molar-refractivity contribution is 5.96. The van der Waals surface area contributed by atoms with E-state index in [0.29, 0.717) is 0 Å². The van der Waals surface area contributed by atoms with Gasteiger partial charge in [-0.1, -0.05) is 48.6 Å². The average Bonchev–Trinajstić information content (AvgIpc) is 2.39. The minimum absolute atomic E-state index is 0.187. The summed E-state index contributed by atoms with van der Waals surface area (Å²) in [7, 11) is 0. The second-order valence-corrected chi connectivity index (χ2v) is 5.18. The molecule has 0 saturated carbocycles. The first-order chi connectivity index (χ1) is 8.94. The van der Waals surface area contributed by atoms with Gasteiger partial charge in [0.1, 0.15) is 11.2 Å². The summed E-state index contributed by atoms with van der Waals surface area (Å²) in [6.07, 6.45) is 6.94. The first-order valence-corrected chi connectivity index (χ1v) is 6.32. The zero-order chi connectivity index (χ0) is 13.9. The average molecular weight is 258 g/mol. The maximum Gasteiger partial charge on any atom is 0.200 e. The van der Waals surface area contributed by atoms with Crippen molar-refractivity contribution >= 4 is 5.78 Å². The number of Topliss-reactive ketones (excluding diaryl/α,β-unsaturated/α-hetero) is 1. The molecule has 3 heteroatoms. The lowest BCUT2D eigenvalue weighted by Crippen LogP contribution is -2.51. The van der Waals surface area contributed by atoms with E-state index < -0.39 is 17.0 Å². The predicted octanol–water partition coefficient (Wildman–Crippen LogP) is 1.80. The van der Waals surface area contributed by atoms with E-state index in [1.54, 1.807) is 18.2 Å². The number of carbonyl (C=O) groups excluding carboxylic acids is 1. The minimum atomic E-state index is -1.60. The number of aliphatic hydroxyl groups is 2. The molecule has 1 aliphatic carbocycles. The van der Waals surface area contributed by atoms with Crippen molar-refractivity contribution in [2.45, 2.75) is 31.0 Å². The second kappa shape index (κ2) is 5.11. The zero-order valence-corrected chi connectivity index (χ0v) is 10.9. The SMILES string of the molecule is CC(O)(Cc1ccccc1)C(=O)C1(O)C=CC=CC1. The van der Waals surface area contributed by atoms with Crippen LogP contribution in [0.2, 0.25) is 0 Å². The van der Waals surface area contributed by atoms with Gasteiger partial charge < -0.3 is 10.2 Å². The minimum Gasteiger partial charge on any atom is -0.382 e. The molecule has 1 aliphatic rings. The van der Waals surface area contributed by atoms with Crippen molar-refractivity contribution in [3.05, 3.63) is 60.2 Å². The van der Waals surface area contributed by atoms with Gasteiger partial charge in [-0.3, -0.25) is 4.79 Å². The predicted molar refractivity (Wildman–Crippen MR) is 73.6 cm³/mol. The monoisotopic (exact) mass is 258 g/mol. The summed E-state index contributed by atoms with van der Waals surface area (Å²) in [4.78, 5) is 12.4. The van der Waals surface area contributed by atoms with Crippen LogP contribution < -0.4 is 0 Å². The fourth-order valence-electron chi connectivity index (χ4n) is 2.32.